The molecule has 2 aliphatic heterocycles. The number of amides is 1. The Balaban J connectivity index is 1.27. The molecule has 1 fully saturated rings. The number of hydrogen-bond donors (Lipinski definition) is 0. The second-order valence-electron chi connectivity index (χ2n) is 8.71. The van der Waals surface area contributed by atoms with E-state index < -0.39 is 10.0 Å². The number of rotatable bonds is 5. The minimum absolute atomic E-state index is 0.00205. The minimum Gasteiger partial charge on any atom is -0.339 e. The normalized spacial score (nSPS) is 19.5. The monoisotopic (exact) mass is 549 g/mol. The van der Waals surface area contributed by atoms with Crippen molar-refractivity contribution in [1.29, 1.82) is 0 Å². The molecule has 0 radical (unpaired) electrons. The van der Waals surface area contributed by atoms with Gasteiger partial charge in [0.05, 0.1) is 17.5 Å². The molecule has 1 saturated heterocycles. The van der Waals surface area contributed by atoms with Crippen molar-refractivity contribution in [3.63, 3.8) is 0 Å². The van der Waals surface area contributed by atoms with E-state index in [9.17, 15) is 13.2 Å². The first-order chi connectivity index (χ1) is 16.8. The van der Waals surface area contributed by atoms with Crippen LogP contribution in [0, 0.1) is 0 Å². The van der Waals surface area contributed by atoms with Gasteiger partial charge in [0.25, 0.3) is 0 Å². The fraction of sp³-hybridized carbons (Fsp3) is 0.320. The third-order valence-corrected chi connectivity index (χ3v) is 10.0. The number of piperazine rings is 1. The topological polar surface area (TPSA) is 60.9 Å². The van der Waals surface area contributed by atoms with Gasteiger partial charge in [-0.3, -0.25) is 9.69 Å². The predicted molar refractivity (Wildman–Crippen MR) is 140 cm³/mol. The summed E-state index contributed by atoms with van der Waals surface area (Å²) in [7, 11) is -3.61. The molecule has 2 aliphatic rings. The lowest BCUT2D eigenvalue weighted by Crippen LogP contribution is -2.53. The Morgan fingerprint density at radius 1 is 0.886 bits per heavy atom. The standard InChI is InChI=1S/C25H25Cl2N3O3S2/c26-19-3-1-18(2-4-19)25-22-10-16-34-23(22)9-11-29(25)17-24(31)28-12-14-30(15-13-28)35(32,33)21-7-5-20(27)6-8-21/h1-8,10,16,25H,9,11-15,17H2. The lowest BCUT2D eigenvalue weighted by Gasteiger charge is -2.39. The fourth-order valence-corrected chi connectivity index (χ4v) is 7.36. The first kappa shape index (κ1) is 24.7. The maximum absolute atomic E-state index is 13.3. The van der Waals surface area contributed by atoms with Crippen LogP contribution in [0.1, 0.15) is 22.0 Å². The smallest absolute Gasteiger partial charge is 0.243 e. The molecule has 10 heteroatoms. The number of halogens is 2. The molecule has 1 aromatic heterocycles. The Kier molecular flexibility index (Phi) is 7.21. The SMILES string of the molecule is O=C(CN1CCc2sccc2C1c1ccc(Cl)cc1)N1CCN(S(=O)(=O)c2ccc(Cl)cc2)CC1. The van der Waals surface area contributed by atoms with E-state index in [1.54, 1.807) is 28.4 Å². The van der Waals surface area contributed by atoms with Gasteiger partial charge in [0.15, 0.2) is 0 Å². The van der Waals surface area contributed by atoms with Crippen LogP contribution in [0.4, 0.5) is 0 Å². The summed E-state index contributed by atoms with van der Waals surface area (Å²) in [6.07, 6.45) is 0.914. The van der Waals surface area contributed by atoms with Gasteiger partial charge >= 0.3 is 0 Å². The summed E-state index contributed by atoms with van der Waals surface area (Å²) < 4.78 is 27.4. The molecule has 3 aromatic rings. The molecule has 1 unspecified atom stereocenters. The third-order valence-electron chi connectivity index (χ3n) is 6.63. The van der Waals surface area contributed by atoms with Crippen molar-refractivity contribution < 1.29 is 13.2 Å². The van der Waals surface area contributed by atoms with Crippen LogP contribution in [0.3, 0.4) is 0 Å². The molecule has 0 bridgehead atoms. The van der Waals surface area contributed by atoms with E-state index >= 15 is 0 Å². The Labute approximate surface area is 219 Å². The van der Waals surface area contributed by atoms with E-state index in [4.69, 9.17) is 23.2 Å². The van der Waals surface area contributed by atoms with Crippen LogP contribution in [-0.4, -0.2) is 67.7 Å². The summed E-state index contributed by atoms with van der Waals surface area (Å²) in [6.45, 7) is 2.35. The molecular formula is C25H25Cl2N3O3S2. The zero-order chi connectivity index (χ0) is 24.6. The number of carbonyl (C=O) groups excluding carboxylic acids is 1. The highest BCUT2D eigenvalue weighted by molar-refractivity contribution is 7.89. The maximum Gasteiger partial charge on any atom is 0.243 e. The summed E-state index contributed by atoms with van der Waals surface area (Å²) in [5.41, 5.74) is 2.36. The number of carbonyl (C=O) groups is 1. The van der Waals surface area contributed by atoms with Gasteiger partial charge in [0, 0.05) is 47.6 Å². The van der Waals surface area contributed by atoms with E-state index in [0.29, 0.717) is 23.1 Å². The number of benzene rings is 2. The van der Waals surface area contributed by atoms with Gasteiger partial charge in [0.2, 0.25) is 15.9 Å². The summed E-state index contributed by atoms with van der Waals surface area (Å²) >= 11 is 13.8. The van der Waals surface area contributed by atoms with Crippen LogP contribution in [-0.2, 0) is 21.2 Å². The second-order valence-corrected chi connectivity index (χ2v) is 12.5. The number of fused-ring (bicyclic) bond motifs is 1. The lowest BCUT2D eigenvalue weighted by molar-refractivity contribution is -0.134. The minimum atomic E-state index is -3.61. The first-order valence-corrected chi connectivity index (χ1v) is 14.5. The summed E-state index contributed by atoms with van der Waals surface area (Å²) in [5.74, 6) is 0.0196. The molecule has 0 N–H and O–H groups in total. The average Bonchev–Trinajstić information content (AvgIpc) is 3.34. The van der Waals surface area contributed by atoms with Crippen LogP contribution in [0.5, 0.6) is 0 Å². The van der Waals surface area contributed by atoms with Crippen molar-refractivity contribution in [1.82, 2.24) is 14.1 Å². The van der Waals surface area contributed by atoms with Crippen molar-refractivity contribution >= 4 is 50.5 Å². The quantitative estimate of drug-likeness (QED) is 0.468. The van der Waals surface area contributed by atoms with Gasteiger partial charge in [-0.15, -0.1) is 11.3 Å². The molecule has 2 aromatic carbocycles. The van der Waals surface area contributed by atoms with Gasteiger partial charge in [-0.1, -0.05) is 35.3 Å². The van der Waals surface area contributed by atoms with Crippen molar-refractivity contribution in [3.8, 4) is 0 Å². The fourth-order valence-electron chi connectivity index (χ4n) is 4.78. The Hall–Kier alpha value is -1.94. The molecule has 0 saturated carbocycles. The summed E-state index contributed by atoms with van der Waals surface area (Å²) in [5, 5.41) is 3.28. The van der Waals surface area contributed by atoms with E-state index in [1.807, 2.05) is 24.3 Å². The van der Waals surface area contributed by atoms with Gasteiger partial charge in [-0.05, 0) is 65.4 Å². The van der Waals surface area contributed by atoms with Gasteiger partial charge in [0.1, 0.15) is 0 Å². The number of thiophene rings is 1. The zero-order valence-corrected chi connectivity index (χ0v) is 22.1. The average molecular weight is 551 g/mol. The summed E-state index contributed by atoms with van der Waals surface area (Å²) in [4.78, 5) is 18.9. The lowest BCUT2D eigenvalue weighted by atomic mass is 9.93. The van der Waals surface area contributed by atoms with E-state index in [0.717, 1.165) is 18.5 Å². The molecule has 3 heterocycles. The van der Waals surface area contributed by atoms with Crippen LogP contribution in [0.2, 0.25) is 10.0 Å². The van der Waals surface area contributed by atoms with Crippen LogP contribution >= 0.6 is 34.5 Å². The number of hydrogen-bond acceptors (Lipinski definition) is 5. The molecular weight excluding hydrogens is 525 g/mol. The van der Waals surface area contributed by atoms with Gasteiger partial charge < -0.3 is 4.90 Å². The van der Waals surface area contributed by atoms with E-state index in [2.05, 4.69) is 16.3 Å². The molecule has 1 amide bonds. The molecule has 0 spiro atoms. The van der Waals surface area contributed by atoms with E-state index in [-0.39, 0.29) is 36.5 Å². The Bertz CT molecular complexity index is 1300. The Morgan fingerprint density at radius 2 is 1.51 bits per heavy atom. The molecule has 35 heavy (non-hydrogen) atoms. The first-order valence-electron chi connectivity index (χ1n) is 11.4. The summed E-state index contributed by atoms with van der Waals surface area (Å²) in [6, 6.07) is 16.1. The molecule has 184 valence electrons. The predicted octanol–water partition coefficient (Wildman–Crippen LogP) is 4.54. The highest BCUT2D eigenvalue weighted by Crippen LogP contribution is 2.38. The van der Waals surface area contributed by atoms with E-state index in [1.165, 1.54) is 26.9 Å². The largest absolute Gasteiger partial charge is 0.339 e. The molecule has 1 atom stereocenters. The third kappa shape index (κ3) is 5.14. The number of nitrogens with zero attached hydrogens (tertiary/aromatic N) is 3. The van der Waals surface area contributed by atoms with Crippen LogP contribution in [0.15, 0.2) is 64.9 Å². The van der Waals surface area contributed by atoms with Crippen molar-refractivity contribution in [2.24, 2.45) is 0 Å². The zero-order valence-electron chi connectivity index (χ0n) is 18.9. The molecule has 0 aliphatic carbocycles. The van der Waals surface area contributed by atoms with Gasteiger partial charge in [-0.2, -0.15) is 4.31 Å². The highest BCUT2D eigenvalue weighted by Gasteiger charge is 2.34. The highest BCUT2D eigenvalue weighted by atomic mass is 35.5. The van der Waals surface area contributed by atoms with Crippen LogP contribution in [0.25, 0.3) is 0 Å². The van der Waals surface area contributed by atoms with Gasteiger partial charge in [-0.25, -0.2) is 8.42 Å². The maximum atomic E-state index is 13.3. The van der Waals surface area contributed by atoms with Crippen molar-refractivity contribution in [2.45, 2.75) is 17.4 Å². The second kappa shape index (κ2) is 10.2. The number of sulfonamides is 1. The Morgan fingerprint density at radius 3 is 2.17 bits per heavy atom. The molecule has 6 nitrogen and oxygen atoms in total. The van der Waals surface area contributed by atoms with Crippen molar-refractivity contribution in [3.05, 3.63) is 86.0 Å². The van der Waals surface area contributed by atoms with Crippen LogP contribution < -0.4 is 0 Å². The van der Waals surface area contributed by atoms with Crippen molar-refractivity contribution in [2.75, 3.05) is 39.3 Å². The molecule has 5 rings (SSSR count).